The Balaban J connectivity index is 2.18. The van der Waals surface area contributed by atoms with Crippen LogP contribution < -0.4 is 0 Å². The Bertz CT molecular complexity index is 821. The first kappa shape index (κ1) is 13.5. The van der Waals surface area contributed by atoms with Crippen molar-refractivity contribution in [2.24, 2.45) is 0 Å². The third kappa shape index (κ3) is 2.35. The van der Waals surface area contributed by atoms with Crippen LogP contribution >= 0.6 is 0 Å². The number of rotatable bonds is 1. The highest BCUT2D eigenvalue weighted by Crippen LogP contribution is 2.29. The normalized spacial score (nSPS) is 12.0. The van der Waals surface area contributed by atoms with E-state index < -0.39 is 17.8 Å². The molecule has 0 fully saturated rings. The molecule has 0 atom stereocenters. The van der Waals surface area contributed by atoms with Crippen LogP contribution in [-0.2, 0) is 6.18 Å². The first-order valence-electron chi connectivity index (χ1n) is 6.05. The Hall–Kier alpha value is -2.44. The molecule has 3 aromatic rings. The third-order valence-corrected chi connectivity index (χ3v) is 3.16. The summed E-state index contributed by atoms with van der Waals surface area (Å²) in [6, 6.07) is 7.50. The van der Waals surface area contributed by atoms with Gasteiger partial charge in [0.25, 0.3) is 0 Å². The topological polar surface area (TPSA) is 30.2 Å². The molecule has 0 radical (unpaired) electrons. The van der Waals surface area contributed by atoms with E-state index in [9.17, 15) is 17.6 Å². The molecule has 3 rings (SSSR count). The molecule has 2 aromatic heterocycles. The summed E-state index contributed by atoms with van der Waals surface area (Å²) in [5.41, 5.74) is 1.49. The molecule has 0 saturated heterocycles. The van der Waals surface area contributed by atoms with Crippen LogP contribution in [0.5, 0.6) is 0 Å². The summed E-state index contributed by atoms with van der Waals surface area (Å²) in [5, 5.41) is 6.62. The molecule has 0 saturated carbocycles. The van der Waals surface area contributed by atoms with E-state index in [-0.39, 0.29) is 5.65 Å². The lowest BCUT2D eigenvalue weighted by molar-refractivity contribution is -0.145. The number of alkyl halides is 3. The molecular formula is C14H9F4N3. The summed E-state index contributed by atoms with van der Waals surface area (Å²) in [5.74, 6) is -1.51. The summed E-state index contributed by atoms with van der Waals surface area (Å²) < 4.78 is 52.9. The lowest BCUT2D eigenvalue weighted by atomic mass is 10.1. The standard InChI is InChI=1S/C14H9F4N3/c1-8-2-3-9(6-11(8)15)10-4-5-12-19-20-13(14(16,17)18)21(12)7-10/h2-7H,1H3. The predicted molar refractivity (Wildman–Crippen MR) is 68.1 cm³/mol. The fourth-order valence-corrected chi connectivity index (χ4v) is 2.03. The summed E-state index contributed by atoms with van der Waals surface area (Å²) in [4.78, 5) is 0. The van der Waals surface area contributed by atoms with Crippen molar-refractivity contribution in [2.75, 3.05) is 0 Å². The van der Waals surface area contributed by atoms with Crippen LogP contribution in [0.1, 0.15) is 11.4 Å². The fraction of sp³-hybridized carbons (Fsp3) is 0.143. The molecule has 0 aliphatic heterocycles. The van der Waals surface area contributed by atoms with Crippen molar-refractivity contribution in [3.05, 3.63) is 53.7 Å². The lowest BCUT2D eigenvalue weighted by Gasteiger charge is -2.07. The second kappa shape index (κ2) is 4.54. The van der Waals surface area contributed by atoms with E-state index >= 15 is 0 Å². The summed E-state index contributed by atoms with van der Waals surface area (Å²) in [6.07, 6.45) is -3.35. The largest absolute Gasteiger partial charge is 0.452 e. The molecule has 7 heteroatoms. The first-order chi connectivity index (χ1) is 9.86. The lowest BCUT2D eigenvalue weighted by Crippen LogP contribution is -2.10. The van der Waals surface area contributed by atoms with E-state index in [4.69, 9.17) is 0 Å². The highest BCUT2D eigenvalue weighted by Gasteiger charge is 2.36. The number of hydrogen-bond acceptors (Lipinski definition) is 2. The van der Waals surface area contributed by atoms with Gasteiger partial charge >= 0.3 is 6.18 Å². The highest BCUT2D eigenvalue weighted by atomic mass is 19.4. The molecule has 0 unspecified atom stereocenters. The zero-order valence-electron chi connectivity index (χ0n) is 10.8. The van der Waals surface area contributed by atoms with Crippen molar-refractivity contribution in [1.29, 1.82) is 0 Å². The molecule has 0 bridgehead atoms. The van der Waals surface area contributed by atoms with Crippen molar-refractivity contribution in [2.45, 2.75) is 13.1 Å². The van der Waals surface area contributed by atoms with Crippen LogP contribution in [-0.4, -0.2) is 14.6 Å². The number of aromatic nitrogens is 3. The van der Waals surface area contributed by atoms with Crippen LogP contribution in [0.2, 0.25) is 0 Å². The third-order valence-electron chi connectivity index (χ3n) is 3.16. The second-order valence-corrected chi connectivity index (χ2v) is 4.63. The quantitative estimate of drug-likeness (QED) is 0.638. The number of pyridine rings is 1. The average Bonchev–Trinajstić information content (AvgIpc) is 2.84. The van der Waals surface area contributed by atoms with Gasteiger partial charge in [-0.25, -0.2) is 4.39 Å². The number of nitrogens with zero attached hydrogens (tertiary/aromatic N) is 3. The minimum Gasteiger partial charge on any atom is -0.278 e. The van der Waals surface area contributed by atoms with Gasteiger partial charge < -0.3 is 0 Å². The van der Waals surface area contributed by atoms with Gasteiger partial charge in [0, 0.05) is 6.20 Å². The number of benzene rings is 1. The van der Waals surface area contributed by atoms with E-state index in [0.717, 1.165) is 4.40 Å². The minimum absolute atomic E-state index is 0.0821. The van der Waals surface area contributed by atoms with E-state index in [2.05, 4.69) is 10.2 Å². The molecule has 2 heterocycles. The zero-order valence-corrected chi connectivity index (χ0v) is 10.8. The van der Waals surface area contributed by atoms with Crippen LogP contribution in [0, 0.1) is 12.7 Å². The molecule has 0 aliphatic rings. The summed E-state index contributed by atoms with van der Waals surface area (Å²) in [6.45, 7) is 1.61. The maximum absolute atomic E-state index is 13.6. The monoisotopic (exact) mass is 295 g/mol. The van der Waals surface area contributed by atoms with E-state index in [1.807, 2.05) is 0 Å². The number of hydrogen-bond donors (Lipinski definition) is 0. The Morgan fingerprint density at radius 2 is 1.71 bits per heavy atom. The summed E-state index contributed by atoms with van der Waals surface area (Å²) in [7, 11) is 0. The van der Waals surface area contributed by atoms with Gasteiger partial charge in [-0.05, 0) is 41.8 Å². The van der Waals surface area contributed by atoms with Crippen LogP contribution in [0.15, 0.2) is 36.5 Å². The van der Waals surface area contributed by atoms with Gasteiger partial charge in [-0.3, -0.25) is 4.40 Å². The average molecular weight is 295 g/mol. The van der Waals surface area contributed by atoms with Gasteiger partial charge in [0.1, 0.15) is 5.82 Å². The van der Waals surface area contributed by atoms with Crippen LogP contribution in [0.4, 0.5) is 17.6 Å². The Morgan fingerprint density at radius 1 is 1.00 bits per heavy atom. The summed E-state index contributed by atoms with van der Waals surface area (Å²) >= 11 is 0. The molecule has 0 N–H and O–H groups in total. The van der Waals surface area contributed by atoms with Gasteiger partial charge in [-0.15, -0.1) is 10.2 Å². The van der Waals surface area contributed by atoms with Gasteiger partial charge in [-0.1, -0.05) is 12.1 Å². The molecule has 0 aliphatic carbocycles. The molecule has 0 spiro atoms. The van der Waals surface area contributed by atoms with Crippen LogP contribution in [0.3, 0.4) is 0 Å². The SMILES string of the molecule is Cc1ccc(-c2ccc3nnc(C(F)(F)F)n3c2)cc1F. The van der Waals surface area contributed by atoms with E-state index in [0.29, 0.717) is 16.7 Å². The predicted octanol–water partition coefficient (Wildman–Crippen LogP) is 3.86. The van der Waals surface area contributed by atoms with Crippen molar-refractivity contribution in [3.63, 3.8) is 0 Å². The smallest absolute Gasteiger partial charge is 0.278 e. The molecule has 108 valence electrons. The van der Waals surface area contributed by atoms with Gasteiger partial charge in [0.05, 0.1) is 0 Å². The molecule has 3 nitrogen and oxygen atoms in total. The van der Waals surface area contributed by atoms with Crippen molar-refractivity contribution < 1.29 is 17.6 Å². The fourth-order valence-electron chi connectivity index (χ4n) is 2.03. The van der Waals surface area contributed by atoms with Crippen LogP contribution in [0.25, 0.3) is 16.8 Å². The Kier molecular flexibility index (Phi) is 2.93. The zero-order chi connectivity index (χ0) is 15.2. The maximum atomic E-state index is 13.6. The van der Waals surface area contributed by atoms with Crippen molar-refractivity contribution >= 4 is 5.65 Å². The second-order valence-electron chi connectivity index (χ2n) is 4.63. The van der Waals surface area contributed by atoms with E-state index in [1.165, 1.54) is 18.3 Å². The van der Waals surface area contributed by atoms with Gasteiger partial charge in [-0.2, -0.15) is 13.2 Å². The van der Waals surface area contributed by atoms with E-state index in [1.54, 1.807) is 25.1 Å². The molecule has 21 heavy (non-hydrogen) atoms. The Labute approximate surface area is 116 Å². The minimum atomic E-state index is -4.60. The van der Waals surface area contributed by atoms with Crippen molar-refractivity contribution in [1.82, 2.24) is 14.6 Å². The first-order valence-corrected chi connectivity index (χ1v) is 6.05. The van der Waals surface area contributed by atoms with Crippen molar-refractivity contribution in [3.8, 4) is 11.1 Å². The molecule has 1 aromatic carbocycles. The molecular weight excluding hydrogens is 286 g/mol. The Morgan fingerprint density at radius 3 is 2.38 bits per heavy atom. The number of aryl methyl sites for hydroxylation is 1. The highest BCUT2D eigenvalue weighted by molar-refractivity contribution is 5.65. The number of halogens is 4. The number of fused-ring (bicyclic) bond motifs is 1. The van der Waals surface area contributed by atoms with Gasteiger partial charge in [0.15, 0.2) is 5.65 Å². The molecule has 0 amide bonds. The maximum Gasteiger partial charge on any atom is 0.452 e. The van der Waals surface area contributed by atoms with Gasteiger partial charge in [0.2, 0.25) is 5.82 Å².